The molecule has 0 aliphatic carbocycles. The van der Waals surface area contributed by atoms with Crippen LogP contribution in [0.4, 0.5) is 0 Å². The van der Waals surface area contributed by atoms with E-state index in [1.165, 1.54) is 5.56 Å². The van der Waals surface area contributed by atoms with Gasteiger partial charge in [0.15, 0.2) is 11.5 Å². The molecule has 0 unspecified atom stereocenters. The van der Waals surface area contributed by atoms with Crippen molar-refractivity contribution in [3.8, 4) is 11.5 Å². The van der Waals surface area contributed by atoms with Gasteiger partial charge in [0.2, 0.25) is 0 Å². The van der Waals surface area contributed by atoms with E-state index in [2.05, 4.69) is 22.3 Å². The number of piperazine rings is 1. The number of hydrogen-bond acceptors (Lipinski definition) is 5. The molecule has 1 fully saturated rings. The van der Waals surface area contributed by atoms with Gasteiger partial charge in [-0.15, -0.1) is 0 Å². The SMILES string of the molecule is COc1ccc(CCNC(=O)C(=O)N2CCN(Cc3ccccc3)CC2)cc1OC. The molecular formula is C23H29N3O4. The Kier molecular flexibility index (Phi) is 7.68. The molecule has 2 aromatic carbocycles. The summed E-state index contributed by atoms with van der Waals surface area (Å²) in [6.45, 7) is 3.90. The van der Waals surface area contributed by atoms with E-state index in [0.717, 1.165) is 25.2 Å². The van der Waals surface area contributed by atoms with Crippen LogP contribution in [0.3, 0.4) is 0 Å². The lowest BCUT2D eigenvalue weighted by Crippen LogP contribution is -2.52. The zero-order valence-electron chi connectivity index (χ0n) is 17.6. The number of carbonyl (C=O) groups excluding carboxylic acids is 2. The Hall–Kier alpha value is -3.06. The summed E-state index contributed by atoms with van der Waals surface area (Å²) in [6, 6.07) is 15.9. The minimum absolute atomic E-state index is 0.383. The maximum absolute atomic E-state index is 12.4. The topological polar surface area (TPSA) is 71.1 Å². The highest BCUT2D eigenvalue weighted by molar-refractivity contribution is 6.35. The summed E-state index contributed by atoms with van der Waals surface area (Å²) in [6.07, 6.45) is 0.601. The summed E-state index contributed by atoms with van der Waals surface area (Å²) >= 11 is 0. The Labute approximate surface area is 177 Å². The largest absolute Gasteiger partial charge is 0.493 e. The first-order valence-electron chi connectivity index (χ1n) is 10.1. The molecule has 1 heterocycles. The molecule has 30 heavy (non-hydrogen) atoms. The molecule has 2 amide bonds. The van der Waals surface area contributed by atoms with E-state index in [-0.39, 0.29) is 0 Å². The van der Waals surface area contributed by atoms with Crippen LogP contribution in [-0.2, 0) is 22.6 Å². The van der Waals surface area contributed by atoms with Crippen LogP contribution in [0.25, 0.3) is 0 Å². The summed E-state index contributed by atoms with van der Waals surface area (Å²) in [4.78, 5) is 28.6. The average Bonchev–Trinajstić information content (AvgIpc) is 2.79. The predicted octanol–water partition coefficient (Wildman–Crippen LogP) is 1.71. The van der Waals surface area contributed by atoms with Crippen molar-refractivity contribution >= 4 is 11.8 Å². The Balaban J connectivity index is 1.41. The Bertz CT molecular complexity index is 849. The molecule has 0 bridgehead atoms. The minimum Gasteiger partial charge on any atom is -0.493 e. The zero-order valence-corrected chi connectivity index (χ0v) is 17.6. The number of carbonyl (C=O) groups is 2. The molecule has 7 heteroatoms. The summed E-state index contributed by atoms with van der Waals surface area (Å²) < 4.78 is 10.5. The van der Waals surface area contributed by atoms with Crippen LogP contribution in [0.5, 0.6) is 11.5 Å². The van der Waals surface area contributed by atoms with E-state index in [1.807, 2.05) is 36.4 Å². The van der Waals surface area contributed by atoms with E-state index in [4.69, 9.17) is 9.47 Å². The molecule has 0 radical (unpaired) electrons. The summed E-state index contributed by atoms with van der Waals surface area (Å²) in [5.41, 5.74) is 2.25. The van der Waals surface area contributed by atoms with Gasteiger partial charge in [0, 0.05) is 39.3 Å². The molecule has 2 aromatic rings. The second kappa shape index (κ2) is 10.6. The monoisotopic (exact) mass is 411 g/mol. The fourth-order valence-electron chi connectivity index (χ4n) is 3.53. The molecule has 1 aliphatic rings. The average molecular weight is 412 g/mol. The first-order chi connectivity index (χ1) is 14.6. The van der Waals surface area contributed by atoms with E-state index in [9.17, 15) is 9.59 Å². The standard InChI is InChI=1S/C23H29N3O4/c1-29-20-9-8-18(16-21(20)30-2)10-11-24-22(27)23(28)26-14-12-25(13-15-26)17-19-6-4-3-5-7-19/h3-9,16H,10-15,17H2,1-2H3,(H,24,27). The van der Waals surface area contributed by atoms with Gasteiger partial charge in [-0.25, -0.2) is 0 Å². The maximum atomic E-state index is 12.4. The number of amides is 2. The van der Waals surface area contributed by atoms with Crippen molar-refractivity contribution in [1.29, 1.82) is 0 Å². The van der Waals surface area contributed by atoms with Gasteiger partial charge in [0.1, 0.15) is 0 Å². The number of nitrogens with one attached hydrogen (secondary N) is 1. The van der Waals surface area contributed by atoms with Crippen LogP contribution >= 0.6 is 0 Å². The highest BCUT2D eigenvalue weighted by Gasteiger charge is 2.25. The quantitative estimate of drug-likeness (QED) is 0.703. The Morgan fingerprint density at radius 1 is 0.900 bits per heavy atom. The second-order valence-corrected chi connectivity index (χ2v) is 7.25. The molecule has 0 atom stereocenters. The van der Waals surface area contributed by atoms with E-state index < -0.39 is 11.8 Å². The van der Waals surface area contributed by atoms with Crippen molar-refractivity contribution in [1.82, 2.24) is 15.1 Å². The normalized spacial score (nSPS) is 14.3. The molecule has 0 aromatic heterocycles. The number of methoxy groups -OCH3 is 2. The Morgan fingerprint density at radius 3 is 2.27 bits per heavy atom. The number of rotatable bonds is 7. The summed E-state index contributed by atoms with van der Waals surface area (Å²) in [5.74, 6) is 0.298. The van der Waals surface area contributed by atoms with Gasteiger partial charge < -0.3 is 19.7 Å². The first kappa shape index (κ1) is 21.6. The smallest absolute Gasteiger partial charge is 0.311 e. The fourth-order valence-corrected chi connectivity index (χ4v) is 3.53. The molecule has 1 saturated heterocycles. The van der Waals surface area contributed by atoms with Gasteiger partial charge in [-0.1, -0.05) is 36.4 Å². The molecule has 1 N–H and O–H groups in total. The summed E-state index contributed by atoms with van der Waals surface area (Å²) in [7, 11) is 3.17. The van der Waals surface area contributed by atoms with Gasteiger partial charge in [-0.05, 0) is 29.7 Å². The molecule has 0 saturated carbocycles. The molecule has 0 spiro atoms. The van der Waals surface area contributed by atoms with Gasteiger partial charge in [0.25, 0.3) is 0 Å². The van der Waals surface area contributed by atoms with Crippen LogP contribution in [0.15, 0.2) is 48.5 Å². The maximum Gasteiger partial charge on any atom is 0.311 e. The first-order valence-corrected chi connectivity index (χ1v) is 10.1. The fraction of sp³-hybridized carbons (Fsp3) is 0.391. The number of benzene rings is 2. The molecule has 3 rings (SSSR count). The number of hydrogen-bond donors (Lipinski definition) is 1. The third-order valence-corrected chi connectivity index (χ3v) is 5.25. The molecular weight excluding hydrogens is 382 g/mol. The van der Waals surface area contributed by atoms with Crippen LogP contribution in [-0.4, -0.2) is 68.6 Å². The number of nitrogens with zero attached hydrogens (tertiary/aromatic N) is 2. The van der Waals surface area contributed by atoms with Crippen LogP contribution < -0.4 is 14.8 Å². The van der Waals surface area contributed by atoms with Crippen molar-refractivity contribution in [3.63, 3.8) is 0 Å². The van der Waals surface area contributed by atoms with Crippen LogP contribution in [0.1, 0.15) is 11.1 Å². The van der Waals surface area contributed by atoms with Gasteiger partial charge in [-0.3, -0.25) is 14.5 Å². The molecule has 160 valence electrons. The van der Waals surface area contributed by atoms with Crippen molar-refractivity contribution in [2.24, 2.45) is 0 Å². The highest BCUT2D eigenvalue weighted by Crippen LogP contribution is 2.27. The summed E-state index contributed by atoms with van der Waals surface area (Å²) in [5, 5.41) is 2.73. The van der Waals surface area contributed by atoms with E-state index in [1.54, 1.807) is 19.1 Å². The third kappa shape index (κ3) is 5.73. The van der Waals surface area contributed by atoms with E-state index >= 15 is 0 Å². The lowest BCUT2D eigenvalue weighted by molar-refractivity contribution is -0.147. The lowest BCUT2D eigenvalue weighted by Gasteiger charge is -2.34. The van der Waals surface area contributed by atoms with Crippen LogP contribution in [0, 0.1) is 0 Å². The second-order valence-electron chi connectivity index (χ2n) is 7.25. The highest BCUT2D eigenvalue weighted by atomic mass is 16.5. The molecule has 7 nitrogen and oxygen atoms in total. The van der Waals surface area contributed by atoms with E-state index in [0.29, 0.717) is 37.6 Å². The number of ether oxygens (including phenoxy) is 2. The Morgan fingerprint density at radius 2 is 1.60 bits per heavy atom. The van der Waals surface area contributed by atoms with Crippen molar-refractivity contribution in [3.05, 3.63) is 59.7 Å². The van der Waals surface area contributed by atoms with Crippen molar-refractivity contribution in [2.45, 2.75) is 13.0 Å². The van der Waals surface area contributed by atoms with Gasteiger partial charge in [-0.2, -0.15) is 0 Å². The molecule has 1 aliphatic heterocycles. The van der Waals surface area contributed by atoms with Crippen molar-refractivity contribution in [2.75, 3.05) is 46.9 Å². The predicted molar refractivity (Wildman–Crippen MR) is 115 cm³/mol. The lowest BCUT2D eigenvalue weighted by atomic mass is 10.1. The van der Waals surface area contributed by atoms with Crippen LogP contribution in [0.2, 0.25) is 0 Å². The van der Waals surface area contributed by atoms with Gasteiger partial charge >= 0.3 is 11.8 Å². The zero-order chi connectivity index (χ0) is 21.3. The minimum atomic E-state index is -0.549. The van der Waals surface area contributed by atoms with Gasteiger partial charge in [0.05, 0.1) is 14.2 Å². The van der Waals surface area contributed by atoms with Crippen molar-refractivity contribution < 1.29 is 19.1 Å². The third-order valence-electron chi connectivity index (χ3n) is 5.25.